The first-order valence-electron chi connectivity index (χ1n) is 12.3. The molecule has 6 nitrogen and oxygen atoms in total. The third-order valence-electron chi connectivity index (χ3n) is 5.95. The number of carbonyl (C=O) groups excluding carboxylic acids is 1. The number of halogens is 1. The molecule has 1 heterocycles. The van der Waals surface area contributed by atoms with E-state index in [9.17, 15) is 14.0 Å². The van der Waals surface area contributed by atoms with Gasteiger partial charge in [-0.15, -0.1) is 0 Å². The highest BCUT2D eigenvalue weighted by Crippen LogP contribution is 2.26. The zero-order valence-corrected chi connectivity index (χ0v) is 21.3. The van der Waals surface area contributed by atoms with Gasteiger partial charge in [-0.1, -0.05) is 39.0 Å². The molecule has 1 unspecified atom stereocenters. The van der Waals surface area contributed by atoms with E-state index in [1.807, 2.05) is 32.0 Å². The highest BCUT2D eigenvalue weighted by atomic mass is 19.1. The predicted molar refractivity (Wildman–Crippen MR) is 139 cm³/mol. The average molecular weight is 482 g/mol. The van der Waals surface area contributed by atoms with Crippen molar-refractivity contribution in [2.24, 2.45) is 5.92 Å². The maximum atomic E-state index is 14.0. The Kier molecular flexibility index (Phi) is 9.04. The first-order chi connectivity index (χ1) is 16.7. The second kappa shape index (κ2) is 12.0. The van der Waals surface area contributed by atoms with Gasteiger partial charge in [0.15, 0.2) is 0 Å². The van der Waals surface area contributed by atoms with Gasteiger partial charge < -0.3 is 15.0 Å². The number of benzene rings is 2. The maximum absolute atomic E-state index is 14.0. The second-order valence-corrected chi connectivity index (χ2v) is 9.30. The van der Waals surface area contributed by atoms with Gasteiger partial charge in [0, 0.05) is 24.1 Å². The number of hydrogen-bond donors (Lipinski definition) is 1. The lowest BCUT2D eigenvalue weighted by molar-refractivity contribution is -0.122. The quantitative estimate of drug-likeness (QED) is 0.432. The molecule has 0 saturated carbocycles. The molecule has 0 bridgehead atoms. The van der Waals surface area contributed by atoms with Crippen molar-refractivity contribution < 1.29 is 13.9 Å². The standard InChI is InChI=1S/C28H36FN3O3/c1-6-31(7-2)16-20(5)18-35-24-12-11-21-14-26(22-9-8-10-23(29)13-22)32(28(34)25(21)15-24)17-27(33)30-19(3)4/h8-15,19-20H,6-7,16-18H2,1-5H3,(H,30,33). The monoisotopic (exact) mass is 481 g/mol. The lowest BCUT2D eigenvalue weighted by Crippen LogP contribution is -2.36. The van der Waals surface area contributed by atoms with E-state index in [1.165, 1.54) is 16.7 Å². The number of nitrogens with zero attached hydrogens (tertiary/aromatic N) is 2. The van der Waals surface area contributed by atoms with Crippen molar-refractivity contribution >= 4 is 16.7 Å². The molecule has 2 aromatic carbocycles. The second-order valence-electron chi connectivity index (χ2n) is 9.30. The summed E-state index contributed by atoms with van der Waals surface area (Å²) in [6.45, 7) is 13.5. The number of carbonyl (C=O) groups is 1. The van der Waals surface area contributed by atoms with Crippen LogP contribution < -0.4 is 15.6 Å². The fourth-order valence-electron chi connectivity index (χ4n) is 4.19. The largest absolute Gasteiger partial charge is 0.493 e. The van der Waals surface area contributed by atoms with Gasteiger partial charge in [-0.3, -0.25) is 14.2 Å². The van der Waals surface area contributed by atoms with E-state index in [4.69, 9.17) is 4.74 Å². The third-order valence-corrected chi connectivity index (χ3v) is 5.95. The number of rotatable bonds is 11. The molecule has 0 aliphatic rings. The van der Waals surface area contributed by atoms with Gasteiger partial charge in [0.2, 0.25) is 5.91 Å². The molecule has 0 spiro atoms. The number of pyridine rings is 1. The summed E-state index contributed by atoms with van der Waals surface area (Å²) in [4.78, 5) is 28.5. The summed E-state index contributed by atoms with van der Waals surface area (Å²) in [5, 5.41) is 3.99. The summed E-state index contributed by atoms with van der Waals surface area (Å²) in [5.74, 6) is 0.252. The smallest absolute Gasteiger partial charge is 0.259 e. The number of fused-ring (bicyclic) bond motifs is 1. The Bertz CT molecular complexity index is 1220. The van der Waals surface area contributed by atoms with E-state index >= 15 is 0 Å². The van der Waals surface area contributed by atoms with Crippen LogP contribution in [0.15, 0.2) is 53.3 Å². The summed E-state index contributed by atoms with van der Waals surface area (Å²) in [6, 6.07) is 13.2. The molecular weight excluding hydrogens is 445 g/mol. The molecule has 1 atom stereocenters. The summed E-state index contributed by atoms with van der Waals surface area (Å²) >= 11 is 0. The molecule has 1 N–H and O–H groups in total. The van der Waals surface area contributed by atoms with Crippen LogP contribution in [-0.4, -0.2) is 47.7 Å². The van der Waals surface area contributed by atoms with Gasteiger partial charge in [0.05, 0.1) is 17.7 Å². The molecule has 3 aromatic rings. The van der Waals surface area contributed by atoms with Crippen LogP contribution in [0.25, 0.3) is 22.0 Å². The van der Waals surface area contributed by atoms with Crippen LogP contribution >= 0.6 is 0 Å². The van der Waals surface area contributed by atoms with Crippen LogP contribution in [0.4, 0.5) is 4.39 Å². The number of amides is 1. The Morgan fingerprint density at radius 3 is 2.49 bits per heavy atom. The number of aromatic nitrogens is 1. The summed E-state index contributed by atoms with van der Waals surface area (Å²) in [7, 11) is 0. The van der Waals surface area contributed by atoms with Gasteiger partial charge in [-0.05, 0) is 62.7 Å². The Labute approximate surface area is 206 Å². The zero-order chi connectivity index (χ0) is 25.5. The predicted octanol–water partition coefficient (Wildman–Crippen LogP) is 4.69. The molecule has 0 aliphatic carbocycles. The molecule has 35 heavy (non-hydrogen) atoms. The van der Waals surface area contributed by atoms with Crippen LogP contribution in [0.5, 0.6) is 5.75 Å². The number of hydrogen-bond acceptors (Lipinski definition) is 4. The van der Waals surface area contributed by atoms with Crippen molar-refractivity contribution in [3.63, 3.8) is 0 Å². The molecule has 0 saturated heterocycles. The minimum atomic E-state index is -0.407. The van der Waals surface area contributed by atoms with Crippen LogP contribution in [0.2, 0.25) is 0 Å². The van der Waals surface area contributed by atoms with E-state index in [-0.39, 0.29) is 24.1 Å². The zero-order valence-electron chi connectivity index (χ0n) is 21.3. The van der Waals surface area contributed by atoms with Crippen molar-refractivity contribution in [1.82, 2.24) is 14.8 Å². The molecule has 1 aromatic heterocycles. The van der Waals surface area contributed by atoms with Crippen LogP contribution in [0.1, 0.15) is 34.6 Å². The molecule has 0 fully saturated rings. The van der Waals surface area contributed by atoms with Crippen molar-refractivity contribution in [2.45, 2.75) is 47.2 Å². The Balaban J connectivity index is 1.97. The summed E-state index contributed by atoms with van der Waals surface area (Å²) in [5.41, 5.74) is 0.705. The maximum Gasteiger partial charge on any atom is 0.259 e. The van der Waals surface area contributed by atoms with Gasteiger partial charge in [0.25, 0.3) is 5.56 Å². The lowest BCUT2D eigenvalue weighted by atomic mass is 10.1. The lowest BCUT2D eigenvalue weighted by Gasteiger charge is -2.22. The van der Waals surface area contributed by atoms with Crippen LogP contribution in [0, 0.1) is 11.7 Å². The first-order valence-corrected chi connectivity index (χ1v) is 12.3. The Hall–Kier alpha value is -3.19. The fourth-order valence-corrected chi connectivity index (χ4v) is 4.19. The van der Waals surface area contributed by atoms with Crippen molar-refractivity contribution in [3.8, 4) is 17.0 Å². The average Bonchev–Trinajstić information content (AvgIpc) is 2.82. The van der Waals surface area contributed by atoms with E-state index < -0.39 is 5.82 Å². The van der Waals surface area contributed by atoms with Gasteiger partial charge in [0.1, 0.15) is 18.1 Å². The van der Waals surface area contributed by atoms with Gasteiger partial charge in [-0.2, -0.15) is 0 Å². The van der Waals surface area contributed by atoms with Crippen LogP contribution in [-0.2, 0) is 11.3 Å². The highest BCUT2D eigenvalue weighted by molar-refractivity contribution is 5.87. The van der Waals surface area contributed by atoms with Gasteiger partial charge >= 0.3 is 0 Å². The van der Waals surface area contributed by atoms with Crippen molar-refractivity contribution in [2.75, 3.05) is 26.2 Å². The molecule has 1 amide bonds. The Morgan fingerprint density at radius 2 is 1.83 bits per heavy atom. The van der Waals surface area contributed by atoms with E-state index in [0.717, 1.165) is 19.6 Å². The number of ether oxygens (including phenoxy) is 1. The molecule has 0 aliphatic heterocycles. The first kappa shape index (κ1) is 26.4. The normalized spacial score (nSPS) is 12.3. The number of nitrogens with one attached hydrogen (secondary N) is 1. The SMILES string of the molecule is CCN(CC)CC(C)COc1ccc2cc(-c3cccc(F)c3)n(CC(=O)NC(C)C)c(=O)c2c1. The summed E-state index contributed by atoms with van der Waals surface area (Å²) < 4.78 is 21.4. The third kappa shape index (κ3) is 6.92. The molecule has 7 heteroatoms. The van der Waals surface area contributed by atoms with E-state index in [2.05, 4.69) is 31.0 Å². The molecular formula is C28H36FN3O3. The van der Waals surface area contributed by atoms with E-state index in [0.29, 0.717) is 40.3 Å². The highest BCUT2D eigenvalue weighted by Gasteiger charge is 2.16. The topological polar surface area (TPSA) is 63.6 Å². The minimum absolute atomic E-state index is 0.0605. The molecule has 188 valence electrons. The minimum Gasteiger partial charge on any atom is -0.493 e. The Morgan fingerprint density at radius 1 is 1.09 bits per heavy atom. The summed E-state index contributed by atoms with van der Waals surface area (Å²) in [6.07, 6.45) is 0. The van der Waals surface area contributed by atoms with E-state index in [1.54, 1.807) is 18.2 Å². The van der Waals surface area contributed by atoms with Crippen molar-refractivity contribution in [3.05, 3.63) is 64.7 Å². The fraction of sp³-hybridized carbons (Fsp3) is 0.429. The van der Waals surface area contributed by atoms with Crippen molar-refractivity contribution in [1.29, 1.82) is 0 Å². The molecule has 0 radical (unpaired) electrons. The van der Waals surface area contributed by atoms with Gasteiger partial charge in [-0.25, -0.2) is 4.39 Å². The molecule has 3 rings (SSSR count). The van der Waals surface area contributed by atoms with Crippen LogP contribution in [0.3, 0.4) is 0 Å².